The third-order valence-electron chi connectivity index (χ3n) is 5.22. The van der Waals surface area contributed by atoms with Crippen molar-refractivity contribution in [2.75, 3.05) is 34.3 Å². The molecule has 1 fully saturated rings. The second kappa shape index (κ2) is 6.61. The Balaban J connectivity index is 1.63. The van der Waals surface area contributed by atoms with E-state index in [2.05, 4.69) is 28.5 Å². The lowest BCUT2D eigenvalue weighted by Crippen LogP contribution is -2.45. The standard InChI is InChI=1S/C17H28N4O2/c1-19(2)13-14-12-18-15-5-8-20(9-10-21(14)15)16(22)11-17(23-3)6-4-7-17/h12H,4-11,13H2,1-3H3. The molecule has 2 heterocycles. The number of nitrogens with zero attached hydrogens (tertiary/aromatic N) is 4. The number of amides is 1. The Morgan fingerprint density at radius 3 is 2.74 bits per heavy atom. The quantitative estimate of drug-likeness (QED) is 0.820. The van der Waals surface area contributed by atoms with Gasteiger partial charge in [0.15, 0.2) is 0 Å². The van der Waals surface area contributed by atoms with E-state index in [9.17, 15) is 4.79 Å². The van der Waals surface area contributed by atoms with Crippen molar-refractivity contribution in [2.45, 2.75) is 50.8 Å². The van der Waals surface area contributed by atoms with Crippen LogP contribution in [0.25, 0.3) is 0 Å². The highest BCUT2D eigenvalue weighted by molar-refractivity contribution is 5.77. The molecule has 0 radical (unpaired) electrons. The number of hydrogen-bond acceptors (Lipinski definition) is 4. The third-order valence-corrected chi connectivity index (χ3v) is 5.22. The summed E-state index contributed by atoms with van der Waals surface area (Å²) in [4.78, 5) is 21.4. The molecule has 1 aliphatic heterocycles. The maximum atomic E-state index is 12.7. The molecule has 0 aromatic carbocycles. The van der Waals surface area contributed by atoms with Gasteiger partial charge in [-0.15, -0.1) is 0 Å². The van der Waals surface area contributed by atoms with Gasteiger partial charge in [-0.3, -0.25) is 4.79 Å². The Labute approximate surface area is 138 Å². The first-order valence-corrected chi connectivity index (χ1v) is 8.54. The Morgan fingerprint density at radius 2 is 2.13 bits per heavy atom. The van der Waals surface area contributed by atoms with E-state index in [1.807, 2.05) is 11.1 Å². The zero-order valence-electron chi connectivity index (χ0n) is 14.5. The molecule has 1 aliphatic carbocycles. The highest BCUT2D eigenvalue weighted by atomic mass is 16.5. The topological polar surface area (TPSA) is 50.6 Å². The molecule has 6 nitrogen and oxygen atoms in total. The van der Waals surface area contributed by atoms with Gasteiger partial charge in [0.05, 0.1) is 17.7 Å². The van der Waals surface area contributed by atoms with E-state index in [0.717, 1.165) is 51.3 Å². The molecule has 3 rings (SSSR count). The Kier molecular flexibility index (Phi) is 4.73. The van der Waals surface area contributed by atoms with E-state index in [1.54, 1.807) is 7.11 Å². The van der Waals surface area contributed by atoms with Crippen LogP contribution < -0.4 is 0 Å². The molecule has 0 bridgehead atoms. The van der Waals surface area contributed by atoms with Gasteiger partial charge in [-0.1, -0.05) is 0 Å². The van der Waals surface area contributed by atoms with Crippen LogP contribution in [-0.2, 0) is 29.0 Å². The molecule has 0 saturated heterocycles. The maximum absolute atomic E-state index is 12.7. The lowest BCUT2D eigenvalue weighted by atomic mass is 9.77. The van der Waals surface area contributed by atoms with Gasteiger partial charge in [0, 0.05) is 45.9 Å². The summed E-state index contributed by atoms with van der Waals surface area (Å²) in [5.74, 6) is 1.33. The number of ether oxygens (including phenoxy) is 1. The van der Waals surface area contributed by atoms with Gasteiger partial charge in [0.25, 0.3) is 0 Å². The lowest BCUT2D eigenvalue weighted by Gasteiger charge is -2.41. The Morgan fingerprint density at radius 1 is 1.35 bits per heavy atom. The monoisotopic (exact) mass is 320 g/mol. The number of carbonyl (C=O) groups excluding carboxylic acids is 1. The van der Waals surface area contributed by atoms with Crippen LogP contribution in [-0.4, -0.2) is 65.2 Å². The predicted octanol–water partition coefficient (Wildman–Crippen LogP) is 1.29. The van der Waals surface area contributed by atoms with Crippen LogP contribution >= 0.6 is 0 Å². The van der Waals surface area contributed by atoms with Crippen LogP contribution in [0.3, 0.4) is 0 Å². The fourth-order valence-electron chi connectivity index (χ4n) is 3.60. The highest BCUT2D eigenvalue weighted by Gasteiger charge is 2.40. The fourth-order valence-corrected chi connectivity index (χ4v) is 3.60. The molecule has 2 aliphatic rings. The number of fused-ring (bicyclic) bond motifs is 1. The summed E-state index contributed by atoms with van der Waals surface area (Å²) >= 11 is 0. The van der Waals surface area contributed by atoms with Crippen LogP contribution in [0.1, 0.15) is 37.2 Å². The summed E-state index contributed by atoms with van der Waals surface area (Å²) < 4.78 is 7.89. The first-order valence-electron chi connectivity index (χ1n) is 8.54. The van der Waals surface area contributed by atoms with Gasteiger partial charge >= 0.3 is 0 Å². The molecule has 1 aromatic rings. The molecule has 0 unspecified atom stereocenters. The van der Waals surface area contributed by atoms with Crippen molar-refractivity contribution in [1.82, 2.24) is 19.4 Å². The number of aromatic nitrogens is 2. The van der Waals surface area contributed by atoms with E-state index in [4.69, 9.17) is 4.74 Å². The van der Waals surface area contributed by atoms with E-state index < -0.39 is 0 Å². The fraction of sp³-hybridized carbons (Fsp3) is 0.765. The zero-order valence-corrected chi connectivity index (χ0v) is 14.5. The van der Waals surface area contributed by atoms with Crippen molar-refractivity contribution in [2.24, 2.45) is 0 Å². The Bertz CT molecular complexity index is 557. The van der Waals surface area contributed by atoms with Gasteiger partial charge in [0.1, 0.15) is 5.82 Å². The first kappa shape index (κ1) is 16.5. The lowest BCUT2D eigenvalue weighted by molar-refractivity contribution is -0.144. The maximum Gasteiger partial charge on any atom is 0.225 e. The summed E-state index contributed by atoms with van der Waals surface area (Å²) in [7, 11) is 5.86. The minimum absolute atomic E-state index is 0.187. The van der Waals surface area contributed by atoms with Gasteiger partial charge in [-0.2, -0.15) is 0 Å². The van der Waals surface area contributed by atoms with Crippen LogP contribution in [0, 0.1) is 0 Å². The van der Waals surface area contributed by atoms with Crippen molar-refractivity contribution in [1.29, 1.82) is 0 Å². The molecule has 1 aromatic heterocycles. The van der Waals surface area contributed by atoms with Gasteiger partial charge in [-0.05, 0) is 33.4 Å². The van der Waals surface area contributed by atoms with Crippen molar-refractivity contribution in [3.05, 3.63) is 17.7 Å². The third kappa shape index (κ3) is 3.43. The van der Waals surface area contributed by atoms with Gasteiger partial charge < -0.3 is 19.1 Å². The average molecular weight is 320 g/mol. The smallest absolute Gasteiger partial charge is 0.225 e. The molecule has 0 spiro atoms. The van der Waals surface area contributed by atoms with E-state index in [0.29, 0.717) is 6.42 Å². The number of rotatable bonds is 5. The normalized spacial score (nSPS) is 20.1. The molecule has 1 amide bonds. The summed E-state index contributed by atoms with van der Waals surface area (Å²) in [6.45, 7) is 3.25. The summed E-state index contributed by atoms with van der Waals surface area (Å²) in [6.07, 6.45) is 6.52. The zero-order chi connectivity index (χ0) is 16.4. The van der Waals surface area contributed by atoms with Crippen LogP contribution in [0.4, 0.5) is 0 Å². The summed E-state index contributed by atoms with van der Waals surface area (Å²) in [5.41, 5.74) is 1.04. The van der Waals surface area contributed by atoms with Crippen LogP contribution in [0.2, 0.25) is 0 Å². The van der Waals surface area contributed by atoms with Crippen molar-refractivity contribution in [3.63, 3.8) is 0 Å². The van der Waals surface area contributed by atoms with E-state index >= 15 is 0 Å². The number of methoxy groups -OCH3 is 1. The average Bonchev–Trinajstić information content (AvgIpc) is 2.72. The number of hydrogen-bond donors (Lipinski definition) is 0. The summed E-state index contributed by atoms with van der Waals surface area (Å²) in [5, 5.41) is 0. The number of imidazole rings is 1. The molecule has 1 saturated carbocycles. The SMILES string of the molecule is COC1(CC(=O)N2CCc3ncc(CN(C)C)n3CC2)CCC1. The van der Waals surface area contributed by atoms with E-state index in [-0.39, 0.29) is 11.5 Å². The number of carbonyl (C=O) groups is 1. The van der Waals surface area contributed by atoms with E-state index in [1.165, 1.54) is 12.1 Å². The highest BCUT2D eigenvalue weighted by Crippen LogP contribution is 2.38. The van der Waals surface area contributed by atoms with Crippen LogP contribution in [0.5, 0.6) is 0 Å². The molecule has 6 heteroatoms. The molecule has 0 N–H and O–H groups in total. The van der Waals surface area contributed by atoms with Gasteiger partial charge in [0.2, 0.25) is 5.91 Å². The minimum atomic E-state index is -0.187. The molecule has 23 heavy (non-hydrogen) atoms. The second-order valence-electron chi connectivity index (χ2n) is 7.10. The first-order chi connectivity index (χ1) is 11.0. The van der Waals surface area contributed by atoms with Crippen molar-refractivity contribution < 1.29 is 9.53 Å². The van der Waals surface area contributed by atoms with Crippen molar-refractivity contribution in [3.8, 4) is 0 Å². The van der Waals surface area contributed by atoms with Crippen molar-refractivity contribution >= 4 is 5.91 Å². The predicted molar refractivity (Wildman–Crippen MR) is 88.1 cm³/mol. The minimum Gasteiger partial charge on any atom is -0.378 e. The summed E-state index contributed by atoms with van der Waals surface area (Å²) in [6, 6.07) is 0. The second-order valence-corrected chi connectivity index (χ2v) is 7.10. The molecular formula is C17H28N4O2. The Hall–Kier alpha value is -1.40. The van der Waals surface area contributed by atoms with Gasteiger partial charge in [-0.25, -0.2) is 4.98 Å². The molecular weight excluding hydrogens is 292 g/mol. The molecule has 128 valence electrons. The van der Waals surface area contributed by atoms with Crippen LogP contribution in [0.15, 0.2) is 6.20 Å². The largest absolute Gasteiger partial charge is 0.378 e. The molecule has 0 atom stereocenters.